The largest absolute Gasteiger partial charge is 0.493 e. The molecule has 1 aromatic heterocycles. The van der Waals surface area contributed by atoms with E-state index in [1.807, 2.05) is 24.3 Å². The predicted octanol–water partition coefficient (Wildman–Crippen LogP) is 10.4. The van der Waals surface area contributed by atoms with Crippen LogP contribution in [0.25, 0.3) is 0 Å². The van der Waals surface area contributed by atoms with E-state index < -0.39 is 0 Å². The molecule has 0 saturated heterocycles. The molecule has 3 aromatic carbocycles. The van der Waals surface area contributed by atoms with E-state index in [1.165, 1.54) is 4.88 Å². The summed E-state index contributed by atoms with van der Waals surface area (Å²) >= 11 is 20.0. The second-order valence-electron chi connectivity index (χ2n) is 11.6. The molecule has 1 amide bonds. The minimum absolute atomic E-state index is 0.164. The number of methoxy groups -OCH3 is 1. The summed E-state index contributed by atoms with van der Waals surface area (Å²) in [4.78, 5) is 19.7. The van der Waals surface area contributed by atoms with Crippen molar-refractivity contribution in [3.63, 3.8) is 0 Å². The molecule has 4 aromatic rings. The van der Waals surface area contributed by atoms with Crippen LogP contribution in [0, 0.1) is 11.3 Å². The Bertz CT molecular complexity index is 1660. The monoisotopic (exact) mass is 654 g/mol. The van der Waals surface area contributed by atoms with Crippen LogP contribution in [0.5, 0.6) is 11.5 Å². The zero-order valence-corrected chi connectivity index (χ0v) is 27.6. The van der Waals surface area contributed by atoms with Gasteiger partial charge in [-0.15, -0.1) is 11.3 Å². The maximum atomic E-state index is 13.7. The van der Waals surface area contributed by atoms with Crippen molar-refractivity contribution >= 4 is 68.9 Å². The highest BCUT2D eigenvalue weighted by Gasteiger charge is 2.33. The van der Waals surface area contributed by atoms with Crippen LogP contribution >= 0.6 is 46.1 Å². The minimum Gasteiger partial charge on any atom is -0.493 e. The lowest BCUT2D eigenvalue weighted by Gasteiger charge is -2.33. The number of anilines is 1. The van der Waals surface area contributed by atoms with Crippen LogP contribution in [-0.2, 0) is 19.4 Å². The Labute approximate surface area is 271 Å². The van der Waals surface area contributed by atoms with Crippen molar-refractivity contribution in [3.05, 3.63) is 103 Å². The SMILES string of the molecule is COc1cc(C=Nc2sc3c(c2C(=O)Nc2ccc(Cl)cc2)CC[C@H](C(C)(C)C)C3)ccc1OCc1ccc(Cl)cc1Cl. The van der Waals surface area contributed by atoms with Crippen molar-refractivity contribution in [2.45, 2.75) is 46.6 Å². The number of nitrogens with zero attached hydrogens (tertiary/aromatic N) is 1. The number of amides is 1. The van der Waals surface area contributed by atoms with Crippen LogP contribution in [0.4, 0.5) is 10.7 Å². The summed E-state index contributed by atoms with van der Waals surface area (Å²) in [5.41, 5.74) is 4.26. The van der Waals surface area contributed by atoms with Gasteiger partial charge in [0.05, 0.1) is 12.7 Å². The standard InChI is InChI=1S/C34H33Cl3N2O3S/c1-34(2,3)22-7-13-26-30(16-22)43-33(31(26)32(40)39-25-11-9-23(35)10-12-25)38-18-20-5-14-28(29(15-20)41-4)42-19-21-6-8-24(36)17-27(21)37/h5-6,8-12,14-15,17-18,22H,7,13,16,19H2,1-4H3,(H,39,40)/t22-/m0/s1. The second kappa shape index (κ2) is 13.3. The van der Waals surface area contributed by atoms with Gasteiger partial charge in [-0.05, 0) is 96.3 Å². The first-order chi connectivity index (χ1) is 20.5. The number of hydrogen-bond acceptors (Lipinski definition) is 5. The molecular formula is C34H33Cl3N2O3S. The van der Waals surface area contributed by atoms with Crippen LogP contribution in [0.3, 0.4) is 0 Å². The zero-order valence-electron chi connectivity index (χ0n) is 24.5. The van der Waals surface area contributed by atoms with Gasteiger partial charge in [0.15, 0.2) is 11.5 Å². The van der Waals surface area contributed by atoms with E-state index >= 15 is 0 Å². The summed E-state index contributed by atoms with van der Waals surface area (Å²) in [5, 5.41) is 5.47. The molecule has 43 heavy (non-hydrogen) atoms. The molecule has 0 aliphatic heterocycles. The number of rotatable bonds is 8. The Kier molecular flexibility index (Phi) is 9.72. The Balaban J connectivity index is 1.41. The van der Waals surface area contributed by atoms with Gasteiger partial charge in [-0.1, -0.05) is 61.6 Å². The zero-order chi connectivity index (χ0) is 30.7. The van der Waals surface area contributed by atoms with Crippen LogP contribution < -0.4 is 14.8 Å². The number of benzene rings is 3. The summed E-state index contributed by atoms with van der Waals surface area (Å²) in [7, 11) is 1.59. The molecule has 0 bridgehead atoms. The van der Waals surface area contributed by atoms with Crippen LogP contribution in [-0.4, -0.2) is 19.2 Å². The number of carbonyl (C=O) groups excluding carboxylic acids is 1. The van der Waals surface area contributed by atoms with Gasteiger partial charge in [0.2, 0.25) is 0 Å². The first-order valence-corrected chi connectivity index (χ1v) is 16.0. The van der Waals surface area contributed by atoms with Crippen molar-refractivity contribution in [1.29, 1.82) is 0 Å². The molecule has 9 heteroatoms. The van der Waals surface area contributed by atoms with Gasteiger partial charge in [0, 0.05) is 37.4 Å². The van der Waals surface area contributed by atoms with Gasteiger partial charge in [0.1, 0.15) is 11.6 Å². The highest BCUT2D eigenvalue weighted by molar-refractivity contribution is 7.16. The molecule has 1 heterocycles. The van der Waals surface area contributed by atoms with E-state index in [0.717, 1.165) is 36.0 Å². The molecule has 5 nitrogen and oxygen atoms in total. The Morgan fingerprint density at radius 2 is 1.77 bits per heavy atom. The van der Waals surface area contributed by atoms with E-state index in [9.17, 15) is 4.79 Å². The lowest BCUT2D eigenvalue weighted by atomic mass is 9.72. The van der Waals surface area contributed by atoms with Gasteiger partial charge < -0.3 is 14.8 Å². The topological polar surface area (TPSA) is 59.9 Å². The fourth-order valence-electron chi connectivity index (χ4n) is 5.17. The Morgan fingerprint density at radius 1 is 1.02 bits per heavy atom. The number of nitrogens with one attached hydrogen (secondary N) is 1. The average molecular weight is 656 g/mol. The molecule has 0 saturated carbocycles. The summed E-state index contributed by atoms with van der Waals surface area (Å²) in [5.74, 6) is 1.52. The van der Waals surface area contributed by atoms with Gasteiger partial charge in [-0.3, -0.25) is 4.79 Å². The quantitative estimate of drug-likeness (QED) is 0.192. The van der Waals surface area contributed by atoms with Gasteiger partial charge in [0.25, 0.3) is 5.91 Å². The van der Waals surface area contributed by atoms with E-state index in [2.05, 4.69) is 26.1 Å². The van der Waals surface area contributed by atoms with Gasteiger partial charge >= 0.3 is 0 Å². The first-order valence-electron chi connectivity index (χ1n) is 14.0. The van der Waals surface area contributed by atoms with E-state index in [4.69, 9.17) is 49.3 Å². The number of hydrogen-bond donors (Lipinski definition) is 1. The molecule has 1 aliphatic carbocycles. The fourth-order valence-corrected chi connectivity index (χ4v) is 7.03. The third-order valence-electron chi connectivity index (χ3n) is 7.72. The third-order valence-corrected chi connectivity index (χ3v) is 9.72. The molecule has 0 unspecified atom stereocenters. The van der Waals surface area contributed by atoms with E-state index in [0.29, 0.717) is 48.7 Å². The van der Waals surface area contributed by atoms with Crippen LogP contribution in [0.2, 0.25) is 15.1 Å². The van der Waals surface area contributed by atoms with E-state index in [1.54, 1.807) is 61.1 Å². The number of ether oxygens (including phenoxy) is 2. The summed E-state index contributed by atoms with van der Waals surface area (Å²) in [6.45, 7) is 7.12. The number of halogens is 3. The minimum atomic E-state index is -0.164. The molecule has 0 spiro atoms. The van der Waals surface area contributed by atoms with Crippen molar-refractivity contribution in [2.24, 2.45) is 16.3 Å². The second-order valence-corrected chi connectivity index (χ2v) is 14.0. The Morgan fingerprint density at radius 3 is 2.47 bits per heavy atom. The molecule has 1 N–H and O–H groups in total. The van der Waals surface area contributed by atoms with Crippen LogP contribution in [0.15, 0.2) is 65.7 Å². The summed E-state index contributed by atoms with van der Waals surface area (Å²) in [6.07, 6.45) is 4.60. The van der Waals surface area contributed by atoms with Gasteiger partial charge in [-0.25, -0.2) is 4.99 Å². The molecule has 1 aliphatic rings. The smallest absolute Gasteiger partial charge is 0.259 e. The first kappa shape index (κ1) is 31.4. The molecule has 1 atom stereocenters. The third kappa shape index (κ3) is 7.55. The van der Waals surface area contributed by atoms with Crippen molar-refractivity contribution in [1.82, 2.24) is 0 Å². The average Bonchev–Trinajstić information content (AvgIpc) is 3.34. The number of aliphatic imine (C=N–C) groups is 1. The van der Waals surface area contributed by atoms with Crippen molar-refractivity contribution in [3.8, 4) is 11.5 Å². The summed E-state index contributed by atoms with van der Waals surface area (Å²) < 4.78 is 11.6. The number of carbonyl (C=O) groups is 1. The number of thiophene rings is 1. The molecule has 224 valence electrons. The van der Waals surface area contributed by atoms with E-state index in [-0.39, 0.29) is 17.9 Å². The van der Waals surface area contributed by atoms with Crippen molar-refractivity contribution in [2.75, 3.05) is 12.4 Å². The van der Waals surface area contributed by atoms with Gasteiger partial charge in [-0.2, -0.15) is 0 Å². The highest BCUT2D eigenvalue weighted by Crippen LogP contribution is 2.45. The molecule has 5 rings (SSSR count). The molecule has 0 radical (unpaired) electrons. The van der Waals surface area contributed by atoms with Crippen LogP contribution in [0.1, 0.15) is 59.1 Å². The predicted molar refractivity (Wildman–Crippen MR) is 180 cm³/mol. The lowest BCUT2D eigenvalue weighted by Crippen LogP contribution is -2.27. The number of fused-ring (bicyclic) bond motifs is 1. The molecule has 0 fully saturated rings. The maximum Gasteiger partial charge on any atom is 0.259 e. The fraction of sp³-hybridized carbons (Fsp3) is 0.294. The molecular weight excluding hydrogens is 623 g/mol. The lowest BCUT2D eigenvalue weighted by molar-refractivity contribution is 0.102. The Hall–Kier alpha value is -3.03. The maximum absolute atomic E-state index is 13.7. The highest BCUT2D eigenvalue weighted by atomic mass is 35.5. The van der Waals surface area contributed by atoms with Crippen molar-refractivity contribution < 1.29 is 14.3 Å². The summed E-state index contributed by atoms with van der Waals surface area (Å²) in [6, 6.07) is 18.0. The normalized spacial score (nSPS) is 14.9.